The quantitative estimate of drug-likeness (QED) is 0.336. The Balaban J connectivity index is 1.23. The third-order valence-corrected chi connectivity index (χ3v) is 6.14. The van der Waals surface area contributed by atoms with Crippen molar-refractivity contribution in [2.24, 2.45) is 0 Å². The van der Waals surface area contributed by atoms with Gasteiger partial charge in [-0.1, -0.05) is 24.3 Å². The number of benzene rings is 2. The standard InChI is InChI=1S/C25H26N8O2/c1-15-7-8-18(11-21(15)30-16(2)34)31-25(35)26-10-9-17-13-33(22-6-4-3-5-19(17)22)24-20-12-29-32-23(20)27-14-28-24/h3-8,11-12,14,17H,9-10,13H2,1-2H3,(H,30,34)(H2,26,31,35)(H,27,28,29,32). The highest BCUT2D eigenvalue weighted by Gasteiger charge is 2.30. The number of rotatable bonds is 6. The molecule has 1 aliphatic rings. The molecular weight excluding hydrogens is 444 g/mol. The minimum atomic E-state index is -0.290. The number of carbonyl (C=O) groups excluding carboxylic acids is 2. The van der Waals surface area contributed by atoms with E-state index >= 15 is 0 Å². The van der Waals surface area contributed by atoms with Gasteiger partial charge in [-0.2, -0.15) is 5.10 Å². The Labute approximate surface area is 202 Å². The van der Waals surface area contributed by atoms with E-state index in [9.17, 15) is 9.59 Å². The Bertz CT molecular complexity index is 1400. The van der Waals surface area contributed by atoms with Gasteiger partial charge < -0.3 is 20.9 Å². The number of nitrogens with one attached hydrogen (secondary N) is 4. The fraction of sp³-hybridized carbons (Fsp3) is 0.240. The number of carbonyl (C=O) groups is 2. The van der Waals surface area contributed by atoms with Crippen LogP contribution in [0.25, 0.3) is 11.0 Å². The number of aryl methyl sites for hydroxylation is 1. The van der Waals surface area contributed by atoms with E-state index in [1.165, 1.54) is 12.5 Å². The van der Waals surface area contributed by atoms with Crippen LogP contribution in [-0.4, -0.2) is 45.2 Å². The molecule has 10 heteroatoms. The van der Waals surface area contributed by atoms with Crippen molar-refractivity contribution in [2.45, 2.75) is 26.2 Å². The molecule has 0 bridgehead atoms. The van der Waals surface area contributed by atoms with E-state index in [-0.39, 0.29) is 17.9 Å². The molecule has 0 saturated carbocycles. The van der Waals surface area contributed by atoms with Crippen molar-refractivity contribution < 1.29 is 9.59 Å². The summed E-state index contributed by atoms with van der Waals surface area (Å²) in [4.78, 5) is 34.9. The highest BCUT2D eigenvalue weighted by Crippen LogP contribution is 2.42. The Kier molecular flexibility index (Phi) is 6.01. The van der Waals surface area contributed by atoms with Crippen molar-refractivity contribution in [3.8, 4) is 0 Å². The number of urea groups is 1. The summed E-state index contributed by atoms with van der Waals surface area (Å²) in [6, 6.07) is 13.4. The molecule has 5 rings (SSSR count). The second-order valence-corrected chi connectivity index (χ2v) is 8.58. The first-order valence-corrected chi connectivity index (χ1v) is 11.4. The maximum absolute atomic E-state index is 12.5. The normalized spacial score (nSPS) is 14.6. The Hall–Kier alpha value is -4.47. The maximum atomic E-state index is 12.5. The van der Waals surface area contributed by atoms with E-state index in [2.05, 4.69) is 53.1 Å². The highest BCUT2D eigenvalue weighted by atomic mass is 16.2. The van der Waals surface area contributed by atoms with Crippen LogP contribution < -0.4 is 20.9 Å². The van der Waals surface area contributed by atoms with E-state index < -0.39 is 0 Å². The Morgan fingerprint density at radius 2 is 2.00 bits per heavy atom. The predicted octanol–water partition coefficient (Wildman–Crippen LogP) is 4.07. The van der Waals surface area contributed by atoms with Gasteiger partial charge in [-0.3, -0.25) is 9.89 Å². The molecule has 2 aromatic heterocycles. The number of nitrogens with zero attached hydrogens (tertiary/aromatic N) is 4. The molecule has 178 valence electrons. The fourth-order valence-electron chi connectivity index (χ4n) is 4.47. The van der Waals surface area contributed by atoms with Gasteiger partial charge in [-0.05, 0) is 42.7 Å². The zero-order valence-corrected chi connectivity index (χ0v) is 19.5. The Morgan fingerprint density at radius 1 is 1.14 bits per heavy atom. The summed E-state index contributed by atoms with van der Waals surface area (Å²) < 4.78 is 0. The monoisotopic (exact) mass is 470 g/mol. The number of para-hydroxylation sites is 1. The molecule has 2 aromatic carbocycles. The number of anilines is 4. The average Bonchev–Trinajstić information content (AvgIpc) is 3.46. The van der Waals surface area contributed by atoms with E-state index in [1.54, 1.807) is 18.6 Å². The first kappa shape index (κ1) is 22.3. The highest BCUT2D eigenvalue weighted by molar-refractivity contribution is 5.93. The molecule has 1 unspecified atom stereocenters. The van der Waals surface area contributed by atoms with Crippen LogP contribution in [0, 0.1) is 6.92 Å². The van der Waals surface area contributed by atoms with Crippen LogP contribution in [0.2, 0.25) is 0 Å². The average molecular weight is 471 g/mol. The van der Waals surface area contributed by atoms with Gasteiger partial charge in [0.2, 0.25) is 5.91 Å². The third kappa shape index (κ3) is 4.63. The molecule has 0 aliphatic carbocycles. The van der Waals surface area contributed by atoms with E-state index in [4.69, 9.17) is 0 Å². The molecule has 4 N–H and O–H groups in total. The topological polar surface area (TPSA) is 128 Å². The summed E-state index contributed by atoms with van der Waals surface area (Å²) in [5.41, 5.74) is 5.24. The van der Waals surface area contributed by atoms with Gasteiger partial charge in [0.1, 0.15) is 12.1 Å². The SMILES string of the molecule is CC(=O)Nc1cc(NC(=O)NCCC2CN(c3ncnc4[nH]ncc34)c3ccccc32)ccc1C. The van der Waals surface area contributed by atoms with Gasteiger partial charge in [0, 0.05) is 43.0 Å². The summed E-state index contributed by atoms with van der Waals surface area (Å²) in [6.07, 6.45) is 4.06. The largest absolute Gasteiger partial charge is 0.338 e. The number of amides is 3. The van der Waals surface area contributed by atoms with E-state index in [0.29, 0.717) is 23.6 Å². The Morgan fingerprint density at radius 3 is 2.86 bits per heavy atom. The van der Waals surface area contributed by atoms with Crippen LogP contribution in [0.4, 0.5) is 27.7 Å². The molecule has 4 aromatic rings. The molecule has 3 amide bonds. The van der Waals surface area contributed by atoms with Crippen LogP contribution >= 0.6 is 0 Å². The van der Waals surface area contributed by atoms with Crippen molar-refractivity contribution in [2.75, 3.05) is 28.6 Å². The molecule has 3 heterocycles. The number of aromatic nitrogens is 4. The van der Waals surface area contributed by atoms with Crippen LogP contribution in [0.15, 0.2) is 55.0 Å². The van der Waals surface area contributed by atoms with E-state index in [0.717, 1.165) is 35.4 Å². The lowest BCUT2D eigenvalue weighted by Crippen LogP contribution is -2.30. The van der Waals surface area contributed by atoms with Crippen LogP contribution in [0.3, 0.4) is 0 Å². The zero-order chi connectivity index (χ0) is 24.4. The molecule has 0 spiro atoms. The third-order valence-electron chi connectivity index (χ3n) is 6.14. The lowest BCUT2D eigenvalue weighted by atomic mass is 9.98. The summed E-state index contributed by atoms with van der Waals surface area (Å²) >= 11 is 0. The summed E-state index contributed by atoms with van der Waals surface area (Å²) in [6.45, 7) is 4.61. The zero-order valence-electron chi connectivity index (χ0n) is 19.5. The number of H-pyrrole nitrogens is 1. The maximum Gasteiger partial charge on any atom is 0.319 e. The smallest absolute Gasteiger partial charge is 0.319 e. The molecule has 10 nitrogen and oxygen atoms in total. The lowest BCUT2D eigenvalue weighted by molar-refractivity contribution is -0.114. The number of hydrogen-bond acceptors (Lipinski definition) is 6. The summed E-state index contributed by atoms with van der Waals surface area (Å²) in [7, 11) is 0. The minimum absolute atomic E-state index is 0.156. The van der Waals surface area contributed by atoms with Crippen LogP contribution in [0.1, 0.15) is 30.4 Å². The first-order chi connectivity index (χ1) is 17.0. The minimum Gasteiger partial charge on any atom is -0.338 e. The first-order valence-electron chi connectivity index (χ1n) is 11.4. The van der Waals surface area contributed by atoms with E-state index in [1.807, 2.05) is 31.2 Å². The summed E-state index contributed by atoms with van der Waals surface area (Å²) in [5.74, 6) is 0.893. The number of hydrogen-bond donors (Lipinski definition) is 4. The predicted molar refractivity (Wildman–Crippen MR) is 135 cm³/mol. The number of fused-ring (bicyclic) bond motifs is 2. The van der Waals surface area contributed by atoms with Gasteiger partial charge in [-0.25, -0.2) is 14.8 Å². The fourth-order valence-corrected chi connectivity index (χ4v) is 4.47. The molecule has 1 aliphatic heterocycles. The van der Waals surface area contributed by atoms with Gasteiger partial charge in [0.05, 0.1) is 11.6 Å². The molecule has 35 heavy (non-hydrogen) atoms. The van der Waals surface area contributed by atoms with Crippen molar-refractivity contribution in [1.29, 1.82) is 0 Å². The van der Waals surface area contributed by atoms with Crippen molar-refractivity contribution >= 4 is 45.9 Å². The lowest BCUT2D eigenvalue weighted by Gasteiger charge is -2.19. The molecule has 1 atom stereocenters. The molecular formula is C25H26N8O2. The van der Waals surface area contributed by atoms with Gasteiger partial charge in [0.15, 0.2) is 5.65 Å². The van der Waals surface area contributed by atoms with Crippen LogP contribution in [-0.2, 0) is 4.79 Å². The van der Waals surface area contributed by atoms with Crippen molar-refractivity contribution in [3.63, 3.8) is 0 Å². The van der Waals surface area contributed by atoms with Gasteiger partial charge in [0.25, 0.3) is 0 Å². The van der Waals surface area contributed by atoms with Crippen LogP contribution in [0.5, 0.6) is 0 Å². The van der Waals surface area contributed by atoms with Gasteiger partial charge in [-0.15, -0.1) is 0 Å². The second-order valence-electron chi connectivity index (χ2n) is 8.58. The second kappa shape index (κ2) is 9.41. The molecule has 0 radical (unpaired) electrons. The van der Waals surface area contributed by atoms with Gasteiger partial charge >= 0.3 is 6.03 Å². The molecule has 0 fully saturated rings. The van der Waals surface area contributed by atoms with Crippen molar-refractivity contribution in [1.82, 2.24) is 25.5 Å². The molecule has 0 saturated heterocycles. The summed E-state index contributed by atoms with van der Waals surface area (Å²) in [5, 5.41) is 16.4. The van der Waals surface area contributed by atoms with Crippen molar-refractivity contribution in [3.05, 3.63) is 66.1 Å². The number of aromatic amines is 1.